The molecule has 1 aromatic carbocycles. The second kappa shape index (κ2) is 6.08. The standard InChI is InChI=1S/C19H18N8/c1-3-16-22-19-24-23-17(12(2)27(19)25-16)14-8-10-20-18(21-14)26-11-9-13-6-4-5-7-15(13)26/h4-8,10H,3,9,11H2,1-2H3. The Hall–Kier alpha value is -3.42. The number of fused-ring (bicyclic) bond motifs is 2. The van der Waals surface area contributed by atoms with Crippen molar-refractivity contribution in [2.45, 2.75) is 26.7 Å². The van der Waals surface area contributed by atoms with Crippen LogP contribution < -0.4 is 4.90 Å². The second-order valence-electron chi connectivity index (χ2n) is 6.50. The largest absolute Gasteiger partial charge is 0.310 e. The number of hydrogen-bond donors (Lipinski definition) is 0. The van der Waals surface area contributed by atoms with E-state index in [0.29, 0.717) is 17.4 Å². The quantitative estimate of drug-likeness (QED) is 0.556. The van der Waals surface area contributed by atoms with Crippen LogP contribution in [0.25, 0.3) is 17.2 Å². The molecular formula is C19H18N8. The van der Waals surface area contributed by atoms with Crippen LogP contribution in [-0.2, 0) is 12.8 Å². The molecule has 0 fully saturated rings. The average Bonchev–Trinajstić information content (AvgIpc) is 3.33. The summed E-state index contributed by atoms with van der Waals surface area (Å²) in [6.45, 7) is 4.84. The Morgan fingerprint density at radius 3 is 2.85 bits per heavy atom. The maximum Gasteiger partial charge on any atom is 0.272 e. The number of nitrogens with zero attached hydrogens (tertiary/aromatic N) is 8. The summed E-state index contributed by atoms with van der Waals surface area (Å²) in [5.41, 5.74) is 4.75. The molecule has 0 amide bonds. The first kappa shape index (κ1) is 15.8. The minimum atomic E-state index is 0.510. The van der Waals surface area contributed by atoms with Gasteiger partial charge in [0.15, 0.2) is 5.82 Å². The first-order valence-corrected chi connectivity index (χ1v) is 9.02. The van der Waals surface area contributed by atoms with Crippen LogP contribution in [-0.4, -0.2) is 41.3 Å². The van der Waals surface area contributed by atoms with Gasteiger partial charge in [0.25, 0.3) is 5.78 Å². The summed E-state index contributed by atoms with van der Waals surface area (Å²) < 4.78 is 1.73. The molecule has 0 unspecified atom stereocenters. The number of para-hydroxylation sites is 1. The van der Waals surface area contributed by atoms with Crippen molar-refractivity contribution >= 4 is 17.4 Å². The maximum absolute atomic E-state index is 4.77. The Morgan fingerprint density at radius 2 is 1.96 bits per heavy atom. The third-order valence-corrected chi connectivity index (χ3v) is 4.86. The van der Waals surface area contributed by atoms with Gasteiger partial charge in [-0.05, 0) is 31.0 Å². The molecule has 8 nitrogen and oxygen atoms in total. The van der Waals surface area contributed by atoms with Crippen molar-refractivity contribution < 1.29 is 0 Å². The van der Waals surface area contributed by atoms with E-state index in [9.17, 15) is 0 Å². The van der Waals surface area contributed by atoms with Crippen LogP contribution in [0.15, 0.2) is 36.5 Å². The molecule has 0 atom stereocenters. The first-order valence-electron chi connectivity index (χ1n) is 9.02. The zero-order valence-electron chi connectivity index (χ0n) is 15.2. The second-order valence-corrected chi connectivity index (χ2v) is 6.50. The van der Waals surface area contributed by atoms with Crippen LogP contribution >= 0.6 is 0 Å². The third kappa shape index (κ3) is 2.52. The molecule has 4 aromatic rings. The molecule has 3 aromatic heterocycles. The average molecular weight is 358 g/mol. The number of aryl methyl sites for hydroxylation is 2. The van der Waals surface area contributed by atoms with E-state index < -0.39 is 0 Å². The smallest absolute Gasteiger partial charge is 0.272 e. The maximum atomic E-state index is 4.77. The van der Waals surface area contributed by atoms with Crippen LogP contribution in [0.1, 0.15) is 24.0 Å². The van der Waals surface area contributed by atoms with Crippen LogP contribution in [0.3, 0.4) is 0 Å². The SMILES string of the molecule is CCc1nc2nnc(-c3ccnc(N4CCc5ccccc54)n3)c(C)n2n1. The molecule has 27 heavy (non-hydrogen) atoms. The molecule has 0 radical (unpaired) electrons. The van der Waals surface area contributed by atoms with E-state index in [1.807, 2.05) is 26.0 Å². The lowest BCUT2D eigenvalue weighted by atomic mass is 10.2. The lowest BCUT2D eigenvalue weighted by Crippen LogP contribution is -2.16. The predicted molar refractivity (Wildman–Crippen MR) is 101 cm³/mol. The van der Waals surface area contributed by atoms with Gasteiger partial charge >= 0.3 is 0 Å². The van der Waals surface area contributed by atoms with Gasteiger partial charge < -0.3 is 4.90 Å². The highest BCUT2D eigenvalue weighted by Crippen LogP contribution is 2.33. The summed E-state index contributed by atoms with van der Waals surface area (Å²) in [7, 11) is 0. The summed E-state index contributed by atoms with van der Waals surface area (Å²) in [6.07, 6.45) is 3.51. The number of rotatable bonds is 3. The molecule has 0 spiro atoms. The van der Waals surface area contributed by atoms with Gasteiger partial charge in [-0.25, -0.2) is 9.97 Å². The predicted octanol–water partition coefficient (Wildman–Crippen LogP) is 2.54. The highest BCUT2D eigenvalue weighted by atomic mass is 15.4. The minimum absolute atomic E-state index is 0.510. The Bertz CT molecular complexity index is 1150. The van der Waals surface area contributed by atoms with Gasteiger partial charge in [0.1, 0.15) is 5.69 Å². The van der Waals surface area contributed by atoms with Crippen molar-refractivity contribution in [1.82, 2.24) is 34.8 Å². The Balaban J connectivity index is 1.59. The van der Waals surface area contributed by atoms with E-state index in [2.05, 4.69) is 48.4 Å². The Morgan fingerprint density at radius 1 is 1.07 bits per heavy atom. The highest BCUT2D eigenvalue weighted by Gasteiger charge is 2.23. The molecule has 0 N–H and O–H groups in total. The normalized spacial score (nSPS) is 13.3. The zero-order valence-corrected chi connectivity index (χ0v) is 15.2. The molecule has 0 saturated heterocycles. The zero-order chi connectivity index (χ0) is 18.4. The number of benzene rings is 1. The fourth-order valence-corrected chi connectivity index (χ4v) is 3.45. The third-order valence-electron chi connectivity index (χ3n) is 4.86. The first-order chi connectivity index (χ1) is 13.2. The van der Waals surface area contributed by atoms with Crippen molar-refractivity contribution in [1.29, 1.82) is 0 Å². The highest BCUT2D eigenvalue weighted by molar-refractivity contribution is 5.67. The summed E-state index contributed by atoms with van der Waals surface area (Å²) in [5.74, 6) is 1.93. The summed E-state index contributed by atoms with van der Waals surface area (Å²) in [5, 5.41) is 13.1. The molecule has 1 aliphatic heterocycles. The van der Waals surface area contributed by atoms with E-state index in [1.165, 1.54) is 5.56 Å². The van der Waals surface area contributed by atoms with E-state index in [-0.39, 0.29) is 0 Å². The van der Waals surface area contributed by atoms with Crippen LogP contribution in [0, 0.1) is 6.92 Å². The number of hydrogen-bond acceptors (Lipinski definition) is 7. The monoisotopic (exact) mass is 358 g/mol. The number of aromatic nitrogens is 7. The molecule has 4 heterocycles. The molecule has 134 valence electrons. The number of anilines is 2. The molecule has 0 aliphatic carbocycles. The molecule has 0 bridgehead atoms. The van der Waals surface area contributed by atoms with Gasteiger partial charge in [-0.3, -0.25) is 0 Å². The van der Waals surface area contributed by atoms with E-state index in [1.54, 1.807) is 10.7 Å². The summed E-state index contributed by atoms with van der Waals surface area (Å²) in [6, 6.07) is 10.2. The van der Waals surface area contributed by atoms with Crippen LogP contribution in [0.4, 0.5) is 11.6 Å². The van der Waals surface area contributed by atoms with Gasteiger partial charge in [0, 0.05) is 24.8 Å². The molecule has 8 heteroatoms. The van der Waals surface area contributed by atoms with E-state index >= 15 is 0 Å². The van der Waals surface area contributed by atoms with Crippen molar-refractivity contribution in [3.63, 3.8) is 0 Å². The fourth-order valence-electron chi connectivity index (χ4n) is 3.45. The fraction of sp³-hybridized carbons (Fsp3) is 0.263. The van der Waals surface area contributed by atoms with Crippen LogP contribution in [0.5, 0.6) is 0 Å². The summed E-state index contributed by atoms with van der Waals surface area (Å²) >= 11 is 0. The molecule has 5 rings (SSSR count). The summed E-state index contributed by atoms with van der Waals surface area (Å²) in [4.78, 5) is 15.8. The van der Waals surface area contributed by atoms with Gasteiger partial charge in [-0.1, -0.05) is 25.1 Å². The minimum Gasteiger partial charge on any atom is -0.310 e. The van der Waals surface area contributed by atoms with Crippen molar-refractivity contribution in [3.8, 4) is 11.4 Å². The lowest BCUT2D eigenvalue weighted by Gasteiger charge is -2.17. The lowest BCUT2D eigenvalue weighted by molar-refractivity contribution is 0.827. The van der Waals surface area contributed by atoms with E-state index in [0.717, 1.165) is 42.3 Å². The van der Waals surface area contributed by atoms with Crippen molar-refractivity contribution in [3.05, 3.63) is 53.6 Å². The molecule has 0 saturated carbocycles. The van der Waals surface area contributed by atoms with Crippen molar-refractivity contribution in [2.24, 2.45) is 0 Å². The topological polar surface area (TPSA) is 85.0 Å². The van der Waals surface area contributed by atoms with Crippen molar-refractivity contribution in [2.75, 3.05) is 11.4 Å². The van der Waals surface area contributed by atoms with Gasteiger partial charge in [-0.15, -0.1) is 15.3 Å². The van der Waals surface area contributed by atoms with E-state index in [4.69, 9.17) is 4.98 Å². The molecule has 1 aliphatic rings. The van der Waals surface area contributed by atoms with Gasteiger partial charge in [0.05, 0.1) is 11.4 Å². The molecular weight excluding hydrogens is 340 g/mol. The van der Waals surface area contributed by atoms with Gasteiger partial charge in [-0.2, -0.15) is 9.50 Å². The van der Waals surface area contributed by atoms with Crippen LogP contribution in [0.2, 0.25) is 0 Å². The Labute approximate surface area is 155 Å². The van der Waals surface area contributed by atoms with Gasteiger partial charge in [0.2, 0.25) is 5.95 Å². The Kier molecular flexibility index (Phi) is 3.56.